The lowest BCUT2D eigenvalue weighted by Crippen LogP contribution is -2.34. The second kappa shape index (κ2) is 3.62. The van der Waals surface area contributed by atoms with E-state index in [1.807, 2.05) is 0 Å². The van der Waals surface area contributed by atoms with Gasteiger partial charge in [0.25, 0.3) is 5.56 Å². The van der Waals surface area contributed by atoms with Gasteiger partial charge in [-0.3, -0.25) is 9.59 Å². The van der Waals surface area contributed by atoms with Crippen molar-refractivity contribution in [2.75, 3.05) is 18.0 Å². The molecule has 0 saturated carbocycles. The first kappa shape index (κ1) is 10.7. The second-order valence-corrected chi connectivity index (χ2v) is 4.28. The Kier molecular flexibility index (Phi) is 2.41. The van der Waals surface area contributed by atoms with Crippen molar-refractivity contribution in [3.8, 4) is 0 Å². The van der Waals surface area contributed by atoms with E-state index in [1.165, 1.54) is 12.4 Å². The Morgan fingerprint density at radius 3 is 3.00 bits per heavy atom. The summed E-state index contributed by atoms with van der Waals surface area (Å²) < 4.78 is 0. The molecule has 0 aromatic carbocycles. The van der Waals surface area contributed by atoms with Crippen molar-refractivity contribution in [1.82, 2.24) is 9.97 Å². The summed E-state index contributed by atoms with van der Waals surface area (Å²) in [4.78, 5) is 30.7. The highest BCUT2D eigenvalue weighted by Crippen LogP contribution is 2.31. The van der Waals surface area contributed by atoms with Gasteiger partial charge in [-0.2, -0.15) is 0 Å². The fraction of sp³-hybridized carbons (Fsp3) is 0.500. The summed E-state index contributed by atoms with van der Waals surface area (Å²) >= 11 is 0. The summed E-state index contributed by atoms with van der Waals surface area (Å²) in [5.74, 6) is -0.533. The maximum Gasteiger partial charge on any atom is 0.311 e. The highest BCUT2D eigenvalue weighted by atomic mass is 16.4. The minimum Gasteiger partial charge on any atom is -0.481 e. The third-order valence-electron chi connectivity index (χ3n) is 2.98. The number of aromatic amines is 1. The van der Waals surface area contributed by atoms with Crippen LogP contribution in [0.25, 0.3) is 0 Å². The van der Waals surface area contributed by atoms with E-state index in [0.717, 1.165) is 0 Å². The second-order valence-electron chi connectivity index (χ2n) is 4.28. The van der Waals surface area contributed by atoms with Crippen LogP contribution in [0.1, 0.15) is 13.3 Å². The number of carboxylic acid groups (broad SMARTS) is 1. The molecule has 1 unspecified atom stereocenters. The summed E-state index contributed by atoms with van der Waals surface area (Å²) in [5, 5.41) is 9.07. The van der Waals surface area contributed by atoms with Gasteiger partial charge in [0, 0.05) is 25.5 Å². The average molecular weight is 223 g/mol. The number of carbonyl (C=O) groups is 1. The first-order chi connectivity index (χ1) is 7.53. The van der Waals surface area contributed by atoms with Crippen molar-refractivity contribution in [3.05, 3.63) is 22.7 Å². The van der Waals surface area contributed by atoms with E-state index >= 15 is 0 Å². The van der Waals surface area contributed by atoms with Gasteiger partial charge in [0.1, 0.15) is 0 Å². The number of nitrogens with one attached hydrogen (secondary N) is 1. The maximum absolute atomic E-state index is 11.5. The fourth-order valence-electron chi connectivity index (χ4n) is 1.89. The SMILES string of the molecule is CC1(C(=O)O)CCN(c2ncc[nH]c2=O)C1. The first-order valence-electron chi connectivity index (χ1n) is 5.05. The number of carboxylic acids is 1. The Morgan fingerprint density at radius 1 is 1.69 bits per heavy atom. The summed E-state index contributed by atoms with van der Waals surface area (Å²) in [6, 6.07) is 0. The van der Waals surface area contributed by atoms with Crippen molar-refractivity contribution in [3.63, 3.8) is 0 Å². The van der Waals surface area contributed by atoms with Crippen LogP contribution in [0.3, 0.4) is 0 Å². The van der Waals surface area contributed by atoms with E-state index in [2.05, 4.69) is 9.97 Å². The molecule has 0 radical (unpaired) electrons. The van der Waals surface area contributed by atoms with Gasteiger partial charge in [0.05, 0.1) is 5.41 Å². The molecule has 86 valence electrons. The van der Waals surface area contributed by atoms with Crippen molar-refractivity contribution in [1.29, 1.82) is 0 Å². The highest BCUT2D eigenvalue weighted by Gasteiger charge is 2.41. The largest absolute Gasteiger partial charge is 0.481 e. The van der Waals surface area contributed by atoms with E-state index in [1.54, 1.807) is 11.8 Å². The van der Waals surface area contributed by atoms with Gasteiger partial charge in [-0.25, -0.2) is 4.98 Å². The van der Waals surface area contributed by atoms with Crippen LogP contribution in [-0.2, 0) is 4.79 Å². The number of aliphatic carboxylic acids is 1. The van der Waals surface area contributed by atoms with E-state index in [4.69, 9.17) is 5.11 Å². The summed E-state index contributed by atoms with van der Waals surface area (Å²) in [7, 11) is 0. The number of rotatable bonds is 2. The van der Waals surface area contributed by atoms with Crippen LogP contribution in [0, 0.1) is 5.41 Å². The maximum atomic E-state index is 11.5. The number of hydrogen-bond donors (Lipinski definition) is 2. The normalized spacial score (nSPS) is 24.7. The summed E-state index contributed by atoms with van der Waals surface area (Å²) in [5.41, 5.74) is -1.07. The molecule has 6 nitrogen and oxygen atoms in total. The van der Waals surface area contributed by atoms with Crippen LogP contribution in [0.15, 0.2) is 17.2 Å². The van der Waals surface area contributed by atoms with Gasteiger partial charge in [-0.05, 0) is 13.3 Å². The van der Waals surface area contributed by atoms with Gasteiger partial charge in [0.15, 0.2) is 5.82 Å². The molecule has 1 saturated heterocycles. The third-order valence-corrected chi connectivity index (χ3v) is 2.98. The topological polar surface area (TPSA) is 86.3 Å². The van der Waals surface area contributed by atoms with Gasteiger partial charge in [-0.15, -0.1) is 0 Å². The summed E-state index contributed by atoms with van der Waals surface area (Å²) in [6.45, 7) is 2.55. The number of anilines is 1. The smallest absolute Gasteiger partial charge is 0.311 e. The van der Waals surface area contributed by atoms with Crippen LogP contribution in [0.4, 0.5) is 5.82 Å². The molecular formula is C10H13N3O3. The minimum absolute atomic E-state index is 0.280. The Morgan fingerprint density at radius 2 is 2.44 bits per heavy atom. The molecule has 0 aliphatic carbocycles. The lowest BCUT2D eigenvalue weighted by Gasteiger charge is -2.19. The lowest BCUT2D eigenvalue weighted by molar-refractivity contribution is -0.146. The number of nitrogens with zero attached hydrogens (tertiary/aromatic N) is 2. The molecule has 0 bridgehead atoms. The third kappa shape index (κ3) is 1.66. The van der Waals surface area contributed by atoms with E-state index in [0.29, 0.717) is 25.3 Å². The highest BCUT2D eigenvalue weighted by molar-refractivity contribution is 5.76. The Bertz CT molecular complexity index is 470. The van der Waals surface area contributed by atoms with E-state index < -0.39 is 11.4 Å². The van der Waals surface area contributed by atoms with Crippen molar-refractivity contribution in [2.24, 2.45) is 5.41 Å². The fourth-order valence-corrected chi connectivity index (χ4v) is 1.89. The lowest BCUT2D eigenvalue weighted by atomic mass is 9.90. The predicted molar refractivity (Wildman–Crippen MR) is 57.4 cm³/mol. The van der Waals surface area contributed by atoms with Crippen molar-refractivity contribution >= 4 is 11.8 Å². The molecule has 0 spiro atoms. The Labute approximate surface area is 91.9 Å². The zero-order valence-electron chi connectivity index (χ0n) is 8.93. The molecule has 2 heterocycles. The van der Waals surface area contributed by atoms with Crippen LogP contribution in [0.2, 0.25) is 0 Å². The monoisotopic (exact) mass is 223 g/mol. The molecule has 1 aromatic heterocycles. The number of aromatic nitrogens is 2. The summed E-state index contributed by atoms with van der Waals surface area (Å²) in [6.07, 6.45) is 3.48. The standard InChI is InChI=1S/C10H13N3O3/c1-10(9(15)16)2-5-13(6-10)7-8(14)12-4-3-11-7/h3-4H,2,5-6H2,1H3,(H,12,14)(H,15,16). The van der Waals surface area contributed by atoms with Crippen LogP contribution in [0.5, 0.6) is 0 Å². The van der Waals surface area contributed by atoms with Crippen LogP contribution in [-0.4, -0.2) is 34.1 Å². The molecule has 1 fully saturated rings. The molecule has 2 rings (SSSR count). The van der Waals surface area contributed by atoms with Gasteiger partial charge < -0.3 is 15.0 Å². The average Bonchev–Trinajstić information content (AvgIpc) is 2.63. The zero-order valence-corrected chi connectivity index (χ0v) is 8.93. The Balaban J connectivity index is 2.25. The molecule has 2 N–H and O–H groups in total. The van der Waals surface area contributed by atoms with Crippen LogP contribution >= 0.6 is 0 Å². The predicted octanol–water partition coefficient (Wildman–Crippen LogP) is 0.0709. The Hall–Kier alpha value is -1.85. The van der Waals surface area contributed by atoms with Crippen molar-refractivity contribution in [2.45, 2.75) is 13.3 Å². The molecule has 1 aliphatic rings. The molecule has 1 aromatic rings. The molecule has 0 amide bonds. The van der Waals surface area contributed by atoms with Gasteiger partial charge >= 0.3 is 5.97 Å². The molecular weight excluding hydrogens is 210 g/mol. The molecule has 16 heavy (non-hydrogen) atoms. The number of hydrogen-bond acceptors (Lipinski definition) is 4. The van der Waals surface area contributed by atoms with E-state index in [9.17, 15) is 9.59 Å². The number of H-pyrrole nitrogens is 1. The van der Waals surface area contributed by atoms with Gasteiger partial charge in [0.2, 0.25) is 0 Å². The first-order valence-corrected chi connectivity index (χ1v) is 5.05. The minimum atomic E-state index is -0.831. The molecule has 1 atom stereocenters. The van der Waals surface area contributed by atoms with E-state index in [-0.39, 0.29) is 5.56 Å². The molecule has 6 heteroatoms. The molecule has 1 aliphatic heterocycles. The van der Waals surface area contributed by atoms with Crippen LogP contribution < -0.4 is 10.5 Å². The quantitative estimate of drug-likeness (QED) is 0.741. The zero-order chi connectivity index (χ0) is 11.8. The van der Waals surface area contributed by atoms with Gasteiger partial charge in [-0.1, -0.05) is 0 Å². The van der Waals surface area contributed by atoms with Crippen molar-refractivity contribution < 1.29 is 9.90 Å².